The molecule has 0 fully saturated rings. The van der Waals surface area contributed by atoms with E-state index in [0.717, 1.165) is 36.8 Å². The lowest BCUT2D eigenvalue weighted by molar-refractivity contribution is 0.298. The lowest BCUT2D eigenvalue weighted by Crippen LogP contribution is -2.41. The first-order valence-electron chi connectivity index (χ1n) is 9.70. The maximum absolute atomic E-state index is 5.47. The van der Waals surface area contributed by atoms with Gasteiger partial charge in [0.15, 0.2) is 11.7 Å². The molecule has 0 spiro atoms. The molecule has 0 saturated carbocycles. The molecule has 6 nitrogen and oxygen atoms in total. The van der Waals surface area contributed by atoms with Crippen molar-refractivity contribution in [2.45, 2.75) is 45.2 Å². The van der Waals surface area contributed by atoms with Crippen LogP contribution < -0.4 is 10.6 Å². The Morgan fingerprint density at radius 1 is 1.15 bits per heavy atom. The van der Waals surface area contributed by atoms with Gasteiger partial charge in [0.25, 0.3) is 0 Å². The summed E-state index contributed by atoms with van der Waals surface area (Å²) < 4.78 is 5.47. The summed E-state index contributed by atoms with van der Waals surface area (Å²) in [6.45, 7) is 5.68. The van der Waals surface area contributed by atoms with E-state index in [1.165, 1.54) is 5.56 Å². The van der Waals surface area contributed by atoms with Crippen LogP contribution in [0.5, 0.6) is 0 Å². The zero-order valence-electron chi connectivity index (χ0n) is 17.2. The number of benzene rings is 1. The monoisotopic (exact) mass is 371 g/mol. The second kappa shape index (κ2) is 10.7. The van der Waals surface area contributed by atoms with Crippen molar-refractivity contribution in [3.63, 3.8) is 0 Å². The van der Waals surface area contributed by atoms with Crippen molar-refractivity contribution in [2.24, 2.45) is 4.99 Å². The molecule has 1 aromatic carbocycles. The Morgan fingerprint density at radius 3 is 2.44 bits per heavy atom. The number of guanidine groups is 1. The Kier molecular flexibility index (Phi) is 8.33. The van der Waals surface area contributed by atoms with Crippen molar-refractivity contribution in [1.29, 1.82) is 0 Å². The molecule has 0 bridgehead atoms. The van der Waals surface area contributed by atoms with Gasteiger partial charge in [0.1, 0.15) is 0 Å². The van der Waals surface area contributed by atoms with Gasteiger partial charge in [-0.2, -0.15) is 0 Å². The van der Waals surface area contributed by atoms with Crippen LogP contribution in [0.25, 0.3) is 0 Å². The lowest BCUT2D eigenvalue weighted by atomic mass is 9.99. The van der Waals surface area contributed by atoms with Crippen LogP contribution in [0, 0.1) is 0 Å². The smallest absolute Gasteiger partial charge is 0.191 e. The summed E-state index contributed by atoms with van der Waals surface area (Å²) in [7, 11) is 5.95. The van der Waals surface area contributed by atoms with Gasteiger partial charge in [-0.05, 0) is 32.5 Å². The van der Waals surface area contributed by atoms with E-state index in [1.54, 1.807) is 7.05 Å². The second-order valence-corrected chi connectivity index (χ2v) is 6.93. The van der Waals surface area contributed by atoms with Gasteiger partial charge in [-0.1, -0.05) is 49.3 Å². The van der Waals surface area contributed by atoms with Gasteiger partial charge in [0.05, 0.1) is 18.3 Å². The molecule has 0 amide bonds. The van der Waals surface area contributed by atoms with Gasteiger partial charge >= 0.3 is 0 Å². The number of nitrogens with one attached hydrogen (secondary N) is 2. The quantitative estimate of drug-likeness (QED) is 0.521. The van der Waals surface area contributed by atoms with Crippen molar-refractivity contribution < 1.29 is 4.52 Å². The van der Waals surface area contributed by atoms with Crippen LogP contribution >= 0.6 is 0 Å². The minimum Gasteiger partial charge on any atom is -0.359 e. The van der Waals surface area contributed by atoms with E-state index in [1.807, 2.05) is 12.1 Å². The van der Waals surface area contributed by atoms with Crippen molar-refractivity contribution in [1.82, 2.24) is 20.7 Å². The van der Waals surface area contributed by atoms with Gasteiger partial charge in [0.2, 0.25) is 0 Å². The van der Waals surface area contributed by atoms with Gasteiger partial charge in [-0.25, -0.2) is 0 Å². The van der Waals surface area contributed by atoms with E-state index in [9.17, 15) is 0 Å². The predicted octanol–water partition coefficient (Wildman–Crippen LogP) is 3.55. The fourth-order valence-corrected chi connectivity index (χ4v) is 3.17. The molecular formula is C21H33N5O. The van der Waals surface area contributed by atoms with E-state index in [-0.39, 0.29) is 6.04 Å². The summed E-state index contributed by atoms with van der Waals surface area (Å²) >= 11 is 0. The topological polar surface area (TPSA) is 65.7 Å². The zero-order chi connectivity index (χ0) is 19.6. The number of aromatic nitrogens is 1. The number of hydrogen-bond donors (Lipinski definition) is 2. The van der Waals surface area contributed by atoms with E-state index in [0.29, 0.717) is 12.5 Å². The number of hydrogen-bond acceptors (Lipinski definition) is 4. The molecular weight excluding hydrogens is 338 g/mol. The highest BCUT2D eigenvalue weighted by Crippen LogP contribution is 2.22. The van der Waals surface area contributed by atoms with Crippen LogP contribution in [0.15, 0.2) is 45.9 Å². The number of nitrogens with zero attached hydrogens (tertiary/aromatic N) is 3. The highest BCUT2D eigenvalue weighted by molar-refractivity contribution is 5.79. The molecule has 1 atom stereocenters. The van der Waals surface area contributed by atoms with Crippen molar-refractivity contribution in [3.05, 3.63) is 53.4 Å². The van der Waals surface area contributed by atoms with E-state index >= 15 is 0 Å². The van der Waals surface area contributed by atoms with Gasteiger partial charge < -0.3 is 20.1 Å². The Balaban J connectivity index is 1.90. The zero-order valence-corrected chi connectivity index (χ0v) is 17.2. The summed E-state index contributed by atoms with van der Waals surface area (Å²) in [6.07, 6.45) is 2.15. The average Bonchev–Trinajstić information content (AvgIpc) is 3.15. The van der Waals surface area contributed by atoms with Crippen LogP contribution in [0.2, 0.25) is 0 Å². The number of aliphatic imine (C=N–C) groups is 1. The largest absolute Gasteiger partial charge is 0.359 e. The molecule has 2 N–H and O–H groups in total. The van der Waals surface area contributed by atoms with E-state index in [2.05, 4.69) is 77.9 Å². The highest BCUT2D eigenvalue weighted by Gasteiger charge is 2.15. The van der Waals surface area contributed by atoms with Crippen molar-refractivity contribution in [3.8, 4) is 0 Å². The van der Waals surface area contributed by atoms with Crippen LogP contribution in [-0.4, -0.2) is 43.7 Å². The van der Waals surface area contributed by atoms with Crippen LogP contribution in [-0.2, 0) is 6.54 Å². The van der Waals surface area contributed by atoms with Crippen molar-refractivity contribution in [2.75, 3.05) is 27.7 Å². The molecule has 1 heterocycles. The summed E-state index contributed by atoms with van der Waals surface area (Å²) in [5.74, 6) is 2.04. The van der Waals surface area contributed by atoms with Crippen LogP contribution in [0.1, 0.15) is 55.7 Å². The minimum atomic E-state index is 0.261. The van der Waals surface area contributed by atoms with Gasteiger partial charge in [-0.3, -0.25) is 4.99 Å². The maximum Gasteiger partial charge on any atom is 0.191 e. The molecule has 2 aromatic rings. The molecule has 27 heavy (non-hydrogen) atoms. The first kappa shape index (κ1) is 21.0. The third-order valence-corrected chi connectivity index (χ3v) is 4.91. The summed E-state index contributed by atoms with van der Waals surface area (Å²) in [4.78, 5) is 6.52. The third-order valence-electron chi connectivity index (χ3n) is 4.91. The average molecular weight is 372 g/mol. The molecule has 1 aromatic heterocycles. The molecule has 0 aliphatic heterocycles. The van der Waals surface area contributed by atoms with Crippen molar-refractivity contribution >= 4 is 5.96 Å². The standard InChI is InChI=1S/C21H33N5O/c1-6-16(7-2)19-13-18(27-25-19)14-23-21(22-3)24-15-20(26(4)5)17-11-9-8-10-12-17/h8-13,16,20H,6-7,14-15H2,1-5H3,(H2,22,23,24). The molecule has 0 aliphatic rings. The number of likely N-dealkylation sites (N-methyl/N-ethyl adjacent to an activating group) is 1. The van der Waals surface area contributed by atoms with Crippen LogP contribution in [0.4, 0.5) is 0 Å². The van der Waals surface area contributed by atoms with Gasteiger partial charge in [0, 0.05) is 25.6 Å². The lowest BCUT2D eigenvalue weighted by Gasteiger charge is -2.26. The highest BCUT2D eigenvalue weighted by atomic mass is 16.5. The Hall–Kier alpha value is -2.34. The Labute approximate surface area is 163 Å². The summed E-state index contributed by atoms with van der Waals surface area (Å²) in [6, 6.07) is 12.8. The van der Waals surface area contributed by atoms with Gasteiger partial charge in [-0.15, -0.1) is 0 Å². The van der Waals surface area contributed by atoms with Crippen LogP contribution in [0.3, 0.4) is 0 Å². The molecule has 0 saturated heterocycles. The fraction of sp³-hybridized carbons (Fsp3) is 0.524. The Morgan fingerprint density at radius 2 is 1.85 bits per heavy atom. The molecule has 6 heteroatoms. The fourth-order valence-electron chi connectivity index (χ4n) is 3.17. The second-order valence-electron chi connectivity index (χ2n) is 6.93. The SMILES string of the molecule is CCC(CC)c1cc(CNC(=NC)NCC(c2ccccc2)N(C)C)on1. The maximum atomic E-state index is 5.47. The predicted molar refractivity (Wildman–Crippen MR) is 111 cm³/mol. The Bertz CT molecular complexity index is 692. The molecule has 148 valence electrons. The van der Waals surface area contributed by atoms with E-state index in [4.69, 9.17) is 4.52 Å². The number of rotatable bonds is 9. The third kappa shape index (κ3) is 6.10. The molecule has 0 radical (unpaired) electrons. The normalized spacial score (nSPS) is 13.2. The first-order chi connectivity index (χ1) is 13.1. The first-order valence-corrected chi connectivity index (χ1v) is 9.70. The minimum absolute atomic E-state index is 0.261. The molecule has 1 unspecified atom stereocenters. The molecule has 2 rings (SSSR count). The molecule has 0 aliphatic carbocycles. The summed E-state index contributed by atoms with van der Waals surface area (Å²) in [5, 5.41) is 10.9. The summed E-state index contributed by atoms with van der Waals surface area (Å²) in [5.41, 5.74) is 2.31. The van der Waals surface area contributed by atoms with E-state index < -0.39 is 0 Å².